The van der Waals surface area contributed by atoms with Crippen molar-refractivity contribution in [2.45, 2.75) is 26.7 Å². The van der Waals surface area contributed by atoms with Crippen molar-refractivity contribution in [3.05, 3.63) is 0 Å². The summed E-state index contributed by atoms with van der Waals surface area (Å²) in [5, 5.41) is 16.8. The number of rotatable bonds is 7. The van der Waals surface area contributed by atoms with E-state index in [2.05, 4.69) is 0 Å². The van der Waals surface area contributed by atoms with Gasteiger partial charge in [0.05, 0.1) is 0 Å². The summed E-state index contributed by atoms with van der Waals surface area (Å²) in [6.07, 6.45) is 0.372. The third-order valence-corrected chi connectivity index (χ3v) is 2.35. The van der Waals surface area contributed by atoms with Gasteiger partial charge in [0.15, 0.2) is 0 Å². The van der Waals surface area contributed by atoms with Gasteiger partial charge in [0, 0.05) is 11.8 Å². The molecule has 0 saturated carbocycles. The van der Waals surface area contributed by atoms with Crippen LogP contribution in [0.5, 0.6) is 0 Å². The summed E-state index contributed by atoms with van der Waals surface area (Å²) >= 11 is 0. The van der Waals surface area contributed by atoms with Crippen LogP contribution in [-0.4, -0.2) is 33.7 Å². The molecule has 2 atom stereocenters. The molecule has 0 aromatic heterocycles. The Morgan fingerprint density at radius 2 is 1.06 bits per heavy atom. The van der Waals surface area contributed by atoms with Crippen molar-refractivity contribution < 1.29 is 29.4 Å². The highest BCUT2D eigenvalue weighted by molar-refractivity contribution is 6.34. The van der Waals surface area contributed by atoms with Crippen LogP contribution in [0.25, 0.3) is 0 Å². The zero-order valence-electron chi connectivity index (χ0n) is 9.10. The normalized spacial score (nSPS) is 13.9. The SMILES string of the molecule is CC(CCC(C)C(=O)C(=O)O)C(=O)C(=O)O. The minimum absolute atomic E-state index is 0.186. The van der Waals surface area contributed by atoms with Gasteiger partial charge in [-0.05, 0) is 12.8 Å². The summed E-state index contributed by atoms with van der Waals surface area (Å²) in [5.41, 5.74) is 0. The lowest BCUT2D eigenvalue weighted by Crippen LogP contribution is -2.24. The molecule has 0 aromatic rings. The van der Waals surface area contributed by atoms with E-state index in [0.717, 1.165) is 0 Å². The average Bonchev–Trinajstić information content (AvgIpc) is 2.22. The molecule has 0 amide bonds. The smallest absolute Gasteiger partial charge is 0.372 e. The Morgan fingerprint density at radius 1 is 0.812 bits per heavy atom. The molecule has 0 aliphatic heterocycles. The highest BCUT2D eigenvalue weighted by Crippen LogP contribution is 2.14. The van der Waals surface area contributed by atoms with E-state index in [4.69, 9.17) is 10.2 Å². The number of aliphatic carboxylic acids is 2. The minimum Gasteiger partial charge on any atom is -0.475 e. The molecule has 6 nitrogen and oxygen atoms in total. The molecule has 0 aliphatic carbocycles. The number of carbonyl (C=O) groups excluding carboxylic acids is 2. The second-order valence-corrected chi connectivity index (χ2v) is 3.72. The Labute approximate surface area is 92.3 Å². The standard InChI is InChI=1S/C10H14O6/c1-5(7(11)9(13)14)3-4-6(2)8(12)10(15)16/h5-6H,3-4H2,1-2H3,(H,13,14)(H,15,16). The summed E-state index contributed by atoms with van der Waals surface area (Å²) < 4.78 is 0. The van der Waals surface area contributed by atoms with Gasteiger partial charge in [-0.2, -0.15) is 0 Å². The van der Waals surface area contributed by atoms with Crippen molar-refractivity contribution in [3.8, 4) is 0 Å². The Morgan fingerprint density at radius 3 is 1.25 bits per heavy atom. The first-order valence-corrected chi connectivity index (χ1v) is 4.81. The van der Waals surface area contributed by atoms with Crippen LogP contribution in [0.3, 0.4) is 0 Å². The molecule has 0 bridgehead atoms. The van der Waals surface area contributed by atoms with Crippen LogP contribution in [0.1, 0.15) is 26.7 Å². The molecule has 0 saturated heterocycles. The first-order valence-electron chi connectivity index (χ1n) is 4.81. The van der Waals surface area contributed by atoms with E-state index in [9.17, 15) is 19.2 Å². The Hall–Kier alpha value is -1.72. The summed E-state index contributed by atoms with van der Waals surface area (Å²) in [7, 11) is 0. The molecular weight excluding hydrogens is 216 g/mol. The third-order valence-electron chi connectivity index (χ3n) is 2.35. The van der Waals surface area contributed by atoms with Crippen molar-refractivity contribution in [1.29, 1.82) is 0 Å². The number of carboxylic acid groups (broad SMARTS) is 2. The molecule has 2 unspecified atom stereocenters. The molecule has 6 heteroatoms. The topological polar surface area (TPSA) is 109 Å². The van der Waals surface area contributed by atoms with Crippen LogP contribution in [-0.2, 0) is 19.2 Å². The zero-order valence-corrected chi connectivity index (χ0v) is 9.10. The van der Waals surface area contributed by atoms with Crippen LogP contribution in [0.2, 0.25) is 0 Å². The fourth-order valence-corrected chi connectivity index (χ4v) is 1.18. The van der Waals surface area contributed by atoms with E-state index in [0.29, 0.717) is 0 Å². The molecule has 90 valence electrons. The fraction of sp³-hybridized carbons (Fsp3) is 0.600. The molecule has 0 fully saturated rings. The van der Waals surface area contributed by atoms with Gasteiger partial charge in [-0.25, -0.2) is 9.59 Å². The molecule has 16 heavy (non-hydrogen) atoms. The van der Waals surface area contributed by atoms with Crippen molar-refractivity contribution in [2.24, 2.45) is 11.8 Å². The highest BCUT2D eigenvalue weighted by atomic mass is 16.4. The summed E-state index contributed by atoms with van der Waals surface area (Å²) in [6, 6.07) is 0. The summed E-state index contributed by atoms with van der Waals surface area (Å²) in [5.74, 6) is -6.28. The monoisotopic (exact) mass is 230 g/mol. The van der Waals surface area contributed by atoms with E-state index in [-0.39, 0.29) is 12.8 Å². The quantitative estimate of drug-likeness (QED) is 0.610. The number of carbonyl (C=O) groups is 4. The van der Waals surface area contributed by atoms with Crippen molar-refractivity contribution in [2.75, 3.05) is 0 Å². The van der Waals surface area contributed by atoms with Crippen LogP contribution >= 0.6 is 0 Å². The molecule has 0 aliphatic rings. The lowest BCUT2D eigenvalue weighted by molar-refractivity contribution is -0.151. The third kappa shape index (κ3) is 4.20. The van der Waals surface area contributed by atoms with Gasteiger partial charge in [0.1, 0.15) is 0 Å². The Balaban J connectivity index is 4.16. The first-order chi connectivity index (χ1) is 7.27. The zero-order chi connectivity index (χ0) is 12.9. The number of carboxylic acids is 2. The molecule has 0 rings (SSSR count). The molecule has 0 aromatic carbocycles. The summed E-state index contributed by atoms with van der Waals surface area (Å²) in [4.78, 5) is 42.6. The highest BCUT2D eigenvalue weighted by Gasteiger charge is 2.24. The number of hydrogen-bond acceptors (Lipinski definition) is 4. The molecule has 2 N–H and O–H groups in total. The van der Waals surface area contributed by atoms with E-state index in [1.807, 2.05) is 0 Å². The number of Topliss-reactive ketones (excluding diaryl/α,β-unsaturated/α-hetero) is 2. The van der Waals surface area contributed by atoms with Crippen LogP contribution in [0.15, 0.2) is 0 Å². The maximum atomic E-state index is 11.0. The largest absolute Gasteiger partial charge is 0.475 e. The number of hydrogen-bond donors (Lipinski definition) is 2. The van der Waals surface area contributed by atoms with E-state index in [1.54, 1.807) is 0 Å². The first kappa shape index (κ1) is 14.3. The van der Waals surface area contributed by atoms with Crippen molar-refractivity contribution in [3.63, 3.8) is 0 Å². The van der Waals surface area contributed by atoms with Gasteiger partial charge in [-0.3, -0.25) is 9.59 Å². The van der Waals surface area contributed by atoms with Crippen molar-refractivity contribution in [1.82, 2.24) is 0 Å². The fourth-order valence-electron chi connectivity index (χ4n) is 1.18. The maximum absolute atomic E-state index is 11.0. The van der Waals surface area contributed by atoms with Crippen LogP contribution in [0, 0.1) is 11.8 Å². The van der Waals surface area contributed by atoms with Gasteiger partial charge in [-0.15, -0.1) is 0 Å². The van der Waals surface area contributed by atoms with Gasteiger partial charge < -0.3 is 10.2 Å². The van der Waals surface area contributed by atoms with Gasteiger partial charge in [-0.1, -0.05) is 13.8 Å². The van der Waals surface area contributed by atoms with Crippen LogP contribution < -0.4 is 0 Å². The molecular formula is C10H14O6. The van der Waals surface area contributed by atoms with Crippen molar-refractivity contribution >= 4 is 23.5 Å². The van der Waals surface area contributed by atoms with Gasteiger partial charge in [0.2, 0.25) is 11.6 Å². The average molecular weight is 230 g/mol. The lowest BCUT2D eigenvalue weighted by Gasteiger charge is -2.10. The molecule has 0 radical (unpaired) electrons. The van der Waals surface area contributed by atoms with Gasteiger partial charge in [0.25, 0.3) is 0 Å². The Bertz CT molecular complexity index is 287. The van der Waals surface area contributed by atoms with Crippen LogP contribution in [0.4, 0.5) is 0 Å². The maximum Gasteiger partial charge on any atom is 0.372 e. The Kier molecular flexibility index (Phi) is 5.35. The lowest BCUT2D eigenvalue weighted by atomic mass is 9.93. The molecule has 0 heterocycles. The second kappa shape index (κ2) is 5.99. The molecule has 0 spiro atoms. The minimum atomic E-state index is -1.51. The second-order valence-electron chi connectivity index (χ2n) is 3.72. The van der Waals surface area contributed by atoms with E-state index in [1.165, 1.54) is 13.8 Å². The van der Waals surface area contributed by atoms with E-state index >= 15 is 0 Å². The predicted octanol–water partition coefficient (Wildman–Crippen LogP) is 0.346. The van der Waals surface area contributed by atoms with E-state index < -0.39 is 35.3 Å². The van der Waals surface area contributed by atoms with Gasteiger partial charge >= 0.3 is 11.9 Å². The number of ketones is 2. The predicted molar refractivity (Wildman–Crippen MR) is 52.8 cm³/mol. The summed E-state index contributed by atoms with van der Waals surface area (Å²) in [6.45, 7) is 2.88.